The highest BCUT2D eigenvalue weighted by molar-refractivity contribution is 5.93. The van der Waals surface area contributed by atoms with Crippen molar-refractivity contribution in [1.29, 1.82) is 0 Å². The van der Waals surface area contributed by atoms with Crippen LogP contribution in [0.15, 0.2) is 18.6 Å². The molecule has 0 aliphatic carbocycles. The quantitative estimate of drug-likeness (QED) is 0.710. The average Bonchev–Trinajstić information content (AvgIpc) is 2.04. The summed E-state index contributed by atoms with van der Waals surface area (Å²) in [7, 11) is 0. The maximum atomic E-state index is 11.5. The zero-order valence-electron chi connectivity index (χ0n) is 8.03. The Labute approximate surface area is 77.4 Å². The fourth-order valence-corrected chi connectivity index (χ4v) is 0.667. The van der Waals surface area contributed by atoms with Crippen LogP contribution in [0, 0.1) is 5.41 Å². The van der Waals surface area contributed by atoms with Gasteiger partial charge in [0.05, 0.1) is 6.20 Å². The molecule has 0 atom stereocenters. The molecule has 1 rings (SSSR count). The molecule has 0 bridgehead atoms. The van der Waals surface area contributed by atoms with E-state index in [-0.39, 0.29) is 5.91 Å². The molecular formula is C9H13N3O. The number of anilines is 1. The lowest BCUT2D eigenvalue weighted by Gasteiger charge is -2.16. The molecule has 0 radical (unpaired) electrons. The molecule has 4 nitrogen and oxygen atoms in total. The Kier molecular flexibility index (Phi) is 2.60. The lowest BCUT2D eigenvalue weighted by atomic mass is 9.96. The van der Waals surface area contributed by atoms with Gasteiger partial charge in [-0.05, 0) is 0 Å². The van der Waals surface area contributed by atoms with Crippen LogP contribution >= 0.6 is 0 Å². The molecule has 1 N–H and O–H groups in total. The van der Waals surface area contributed by atoms with Crippen LogP contribution in [0.5, 0.6) is 0 Å². The van der Waals surface area contributed by atoms with Gasteiger partial charge in [-0.3, -0.25) is 9.78 Å². The Bertz CT molecular complexity index is 289. The van der Waals surface area contributed by atoms with Crippen LogP contribution in [0.3, 0.4) is 0 Å². The fourth-order valence-electron chi connectivity index (χ4n) is 0.667. The zero-order valence-corrected chi connectivity index (χ0v) is 8.03. The summed E-state index contributed by atoms with van der Waals surface area (Å²) in [5.74, 6) is 0.426. The molecule has 1 aromatic heterocycles. The first kappa shape index (κ1) is 9.64. The lowest BCUT2D eigenvalue weighted by molar-refractivity contribution is -0.123. The van der Waals surface area contributed by atoms with E-state index in [9.17, 15) is 4.79 Å². The van der Waals surface area contributed by atoms with E-state index in [4.69, 9.17) is 0 Å². The second-order valence-corrected chi connectivity index (χ2v) is 3.79. The van der Waals surface area contributed by atoms with Gasteiger partial charge in [0, 0.05) is 17.8 Å². The number of hydrogen-bond acceptors (Lipinski definition) is 3. The Balaban J connectivity index is 2.66. The molecule has 0 aromatic carbocycles. The number of carbonyl (C=O) groups is 1. The number of nitrogens with zero attached hydrogens (tertiary/aromatic N) is 2. The minimum Gasteiger partial charge on any atom is -0.309 e. The van der Waals surface area contributed by atoms with E-state index in [1.165, 1.54) is 12.4 Å². The lowest BCUT2D eigenvalue weighted by Crippen LogP contribution is -2.28. The number of aromatic nitrogens is 2. The van der Waals surface area contributed by atoms with E-state index in [2.05, 4.69) is 15.3 Å². The topological polar surface area (TPSA) is 54.9 Å². The highest BCUT2D eigenvalue weighted by atomic mass is 16.2. The van der Waals surface area contributed by atoms with Crippen molar-refractivity contribution in [2.75, 3.05) is 5.32 Å². The van der Waals surface area contributed by atoms with Crippen molar-refractivity contribution >= 4 is 11.7 Å². The molecule has 0 spiro atoms. The van der Waals surface area contributed by atoms with Crippen molar-refractivity contribution in [3.8, 4) is 0 Å². The summed E-state index contributed by atoms with van der Waals surface area (Å²) in [4.78, 5) is 19.2. The highest BCUT2D eigenvalue weighted by Crippen LogP contribution is 2.15. The van der Waals surface area contributed by atoms with Crippen LogP contribution in [0.25, 0.3) is 0 Å². The SMILES string of the molecule is CC(C)(C)C(=O)Nc1cnccn1. The molecular weight excluding hydrogens is 166 g/mol. The first-order valence-corrected chi connectivity index (χ1v) is 4.07. The van der Waals surface area contributed by atoms with Gasteiger partial charge >= 0.3 is 0 Å². The molecule has 0 unspecified atom stereocenters. The molecule has 0 saturated carbocycles. The van der Waals surface area contributed by atoms with E-state index in [0.29, 0.717) is 5.82 Å². The van der Waals surface area contributed by atoms with Crippen LogP contribution in [0.1, 0.15) is 20.8 Å². The normalized spacial score (nSPS) is 11.0. The molecule has 0 aliphatic rings. The van der Waals surface area contributed by atoms with Gasteiger partial charge in [0.15, 0.2) is 5.82 Å². The second kappa shape index (κ2) is 3.51. The van der Waals surface area contributed by atoms with Crippen LogP contribution in [-0.4, -0.2) is 15.9 Å². The highest BCUT2D eigenvalue weighted by Gasteiger charge is 2.21. The largest absolute Gasteiger partial charge is 0.309 e. The van der Waals surface area contributed by atoms with Gasteiger partial charge in [-0.25, -0.2) is 4.98 Å². The first-order valence-electron chi connectivity index (χ1n) is 4.07. The fraction of sp³-hybridized carbons (Fsp3) is 0.444. The monoisotopic (exact) mass is 179 g/mol. The predicted octanol–water partition coefficient (Wildman–Crippen LogP) is 1.46. The Morgan fingerprint density at radius 1 is 1.38 bits per heavy atom. The van der Waals surface area contributed by atoms with E-state index in [0.717, 1.165) is 0 Å². The Morgan fingerprint density at radius 3 is 2.54 bits per heavy atom. The van der Waals surface area contributed by atoms with E-state index >= 15 is 0 Å². The van der Waals surface area contributed by atoms with Crippen molar-refractivity contribution in [2.24, 2.45) is 5.41 Å². The molecule has 0 saturated heterocycles. The number of hydrogen-bond donors (Lipinski definition) is 1. The summed E-state index contributed by atoms with van der Waals surface area (Å²) in [6.45, 7) is 5.54. The van der Waals surface area contributed by atoms with Crippen LogP contribution in [0.4, 0.5) is 5.82 Å². The second-order valence-electron chi connectivity index (χ2n) is 3.79. The molecule has 70 valence electrons. The molecule has 4 heteroatoms. The molecule has 13 heavy (non-hydrogen) atoms. The van der Waals surface area contributed by atoms with Crippen molar-refractivity contribution in [2.45, 2.75) is 20.8 Å². The van der Waals surface area contributed by atoms with Crippen LogP contribution in [-0.2, 0) is 4.79 Å². The van der Waals surface area contributed by atoms with Crippen molar-refractivity contribution in [1.82, 2.24) is 9.97 Å². The smallest absolute Gasteiger partial charge is 0.230 e. The zero-order chi connectivity index (χ0) is 9.90. The summed E-state index contributed by atoms with van der Waals surface area (Å²) in [5.41, 5.74) is -0.405. The third-order valence-electron chi connectivity index (χ3n) is 1.49. The first-order chi connectivity index (χ1) is 6.00. The minimum absolute atomic E-state index is 0.0620. The summed E-state index contributed by atoms with van der Waals surface area (Å²) in [6, 6.07) is 0. The Hall–Kier alpha value is -1.45. The summed E-state index contributed by atoms with van der Waals surface area (Å²) in [6.07, 6.45) is 4.62. The molecule has 0 fully saturated rings. The predicted molar refractivity (Wildman–Crippen MR) is 50.1 cm³/mol. The van der Waals surface area contributed by atoms with Gasteiger partial charge in [0.2, 0.25) is 5.91 Å². The van der Waals surface area contributed by atoms with Gasteiger partial charge in [0.25, 0.3) is 0 Å². The number of rotatable bonds is 1. The summed E-state index contributed by atoms with van der Waals surface area (Å²) in [5, 5.41) is 2.67. The van der Waals surface area contributed by atoms with E-state index < -0.39 is 5.41 Å². The third kappa shape index (κ3) is 2.82. The van der Waals surface area contributed by atoms with Crippen molar-refractivity contribution in [3.05, 3.63) is 18.6 Å². The van der Waals surface area contributed by atoms with Crippen molar-refractivity contribution in [3.63, 3.8) is 0 Å². The van der Waals surface area contributed by atoms with Gasteiger partial charge in [-0.2, -0.15) is 0 Å². The van der Waals surface area contributed by atoms with E-state index in [1.807, 2.05) is 20.8 Å². The summed E-state index contributed by atoms with van der Waals surface area (Å²) >= 11 is 0. The maximum Gasteiger partial charge on any atom is 0.230 e. The van der Waals surface area contributed by atoms with Gasteiger partial charge in [-0.1, -0.05) is 20.8 Å². The number of nitrogens with one attached hydrogen (secondary N) is 1. The van der Waals surface area contributed by atoms with Crippen LogP contribution < -0.4 is 5.32 Å². The summed E-state index contributed by atoms with van der Waals surface area (Å²) < 4.78 is 0. The van der Waals surface area contributed by atoms with Gasteiger partial charge < -0.3 is 5.32 Å². The van der Waals surface area contributed by atoms with Gasteiger partial charge in [0.1, 0.15) is 0 Å². The van der Waals surface area contributed by atoms with Gasteiger partial charge in [-0.15, -0.1) is 0 Å². The van der Waals surface area contributed by atoms with Crippen molar-refractivity contribution < 1.29 is 4.79 Å². The average molecular weight is 179 g/mol. The maximum absolute atomic E-state index is 11.5. The number of amides is 1. The third-order valence-corrected chi connectivity index (χ3v) is 1.49. The van der Waals surface area contributed by atoms with E-state index in [1.54, 1.807) is 6.20 Å². The molecule has 1 amide bonds. The standard InChI is InChI=1S/C9H13N3O/c1-9(2,3)8(13)12-7-6-10-4-5-11-7/h4-6H,1-3H3,(H,11,12,13). The van der Waals surface area contributed by atoms with Crippen LogP contribution in [0.2, 0.25) is 0 Å². The molecule has 1 aromatic rings. The molecule has 0 aliphatic heterocycles. The Morgan fingerprint density at radius 2 is 2.08 bits per heavy atom. The number of carbonyl (C=O) groups excluding carboxylic acids is 1. The minimum atomic E-state index is -0.405. The molecule has 1 heterocycles.